The first-order chi connectivity index (χ1) is 9.19. The average Bonchev–Trinajstić information content (AvgIpc) is 2.32. The molecule has 2 aromatic carbocycles. The van der Waals surface area contributed by atoms with Crippen molar-refractivity contribution >= 4 is 0 Å². The Labute approximate surface area is 121 Å². The lowest BCUT2D eigenvalue weighted by Gasteiger charge is -2.27. The predicted molar refractivity (Wildman–Crippen MR) is 85.6 cm³/mol. The van der Waals surface area contributed by atoms with Crippen LogP contribution >= 0.6 is 0 Å². The van der Waals surface area contributed by atoms with Gasteiger partial charge in [0.2, 0.25) is 0 Å². The van der Waals surface area contributed by atoms with E-state index >= 15 is 0 Å². The normalized spacial score (nSPS) is 13.5. The Morgan fingerprint density at radius 1 is 0.650 bits per heavy atom. The summed E-state index contributed by atoms with van der Waals surface area (Å²) < 4.78 is 0. The van der Waals surface area contributed by atoms with Crippen molar-refractivity contribution in [1.82, 2.24) is 0 Å². The third kappa shape index (κ3) is 1.90. The number of rotatable bonds is 0. The Kier molecular flexibility index (Phi) is 2.67. The zero-order valence-corrected chi connectivity index (χ0v) is 13.5. The molecule has 0 bridgehead atoms. The van der Waals surface area contributed by atoms with E-state index in [9.17, 15) is 0 Å². The maximum atomic E-state index is 2.43. The summed E-state index contributed by atoms with van der Waals surface area (Å²) in [6.45, 7) is 13.8. The third-order valence-electron chi connectivity index (χ3n) is 4.30. The summed E-state index contributed by atoms with van der Waals surface area (Å²) in [5.41, 5.74) is 3.30. The van der Waals surface area contributed by atoms with Crippen molar-refractivity contribution in [2.75, 3.05) is 0 Å². The summed E-state index contributed by atoms with van der Waals surface area (Å²) in [4.78, 5) is 0. The first kappa shape index (κ1) is 13.4. The fraction of sp³-hybridized carbons (Fsp3) is 0.400. The van der Waals surface area contributed by atoms with Crippen LogP contribution < -0.4 is 0 Å². The fourth-order valence-corrected chi connectivity index (χ4v) is 3.04. The van der Waals surface area contributed by atoms with Gasteiger partial charge in [0, 0.05) is 0 Å². The minimum absolute atomic E-state index is 0.179. The molecule has 0 aliphatic heterocycles. The molecule has 0 amide bonds. The molecule has 104 valence electrons. The molecule has 0 atom stereocenters. The van der Waals surface area contributed by atoms with Gasteiger partial charge in [-0.1, -0.05) is 71.9 Å². The van der Waals surface area contributed by atoms with Gasteiger partial charge in [-0.2, -0.15) is 0 Å². The van der Waals surface area contributed by atoms with Crippen LogP contribution in [0.4, 0.5) is 0 Å². The molecule has 1 aliphatic carbocycles. The van der Waals surface area contributed by atoms with Crippen LogP contribution in [0.15, 0.2) is 36.4 Å². The van der Waals surface area contributed by atoms with Crippen molar-refractivity contribution < 1.29 is 0 Å². The molecular weight excluding hydrogens is 240 g/mol. The summed E-state index contributed by atoms with van der Waals surface area (Å²) >= 11 is 0. The van der Waals surface area contributed by atoms with Crippen LogP contribution in [-0.4, -0.2) is 0 Å². The Bertz CT molecular complexity index is 856. The molecule has 3 rings (SSSR count). The maximum absolute atomic E-state index is 2.43. The first-order valence-corrected chi connectivity index (χ1v) is 7.48. The molecule has 0 spiro atoms. The Balaban J connectivity index is 2.49. The largest absolute Gasteiger partial charge is 0.0616 e. The zero-order valence-electron chi connectivity index (χ0n) is 13.5. The molecule has 0 radical (unpaired) electrons. The molecule has 0 heteroatoms. The summed E-state index contributed by atoms with van der Waals surface area (Å²) in [5.74, 6) is 0. The van der Waals surface area contributed by atoms with E-state index in [0.29, 0.717) is 0 Å². The van der Waals surface area contributed by atoms with E-state index in [0.717, 1.165) is 0 Å². The fourth-order valence-electron chi connectivity index (χ4n) is 3.04. The topological polar surface area (TPSA) is 0 Å². The van der Waals surface area contributed by atoms with E-state index in [1.807, 2.05) is 0 Å². The molecule has 20 heavy (non-hydrogen) atoms. The molecule has 2 aromatic rings. The van der Waals surface area contributed by atoms with Crippen LogP contribution in [0.2, 0.25) is 0 Å². The van der Waals surface area contributed by atoms with Crippen molar-refractivity contribution in [3.8, 4) is 0 Å². The van der Waals surface area contributed by atoms with Gasteiger partial charge in [-0.15, -0.1) is 0 Å². The molecule has 0 aromatic heterocycles. The summed E-state index contributed by atoms with van der Waals surface area (Å²) in [7, 11) is 0. The lowest BCUT2D eigenvalue weighted by atomic mass is 9.77. The number of benzene rings is 2. The minimum atomic E-state index is 0.179. The quantitative estimate of drug-likeness (QED) is 0.525. The molecule has 0 N–H and O–H groups in total. The highest BCUT2D eigenvalue weighted by molar-refractivity contribution is 5.42. The summed E-state index contributed by atoms with van der Waals surface area (Å²) in [6.07, 6.45) is 0. The van der Waals surface area contributed by atoms with Gasteiger partial charge >= 0.3 is 0 Å². The van der Waals surface area contributed by atoms with E-state index in [-0.39, 0.29) is 10.8 Å². The second-order valence-electron chi connectivity index (χ2n) is 7.99. The van der Waals surface area contributed by atoms with Crippen LogP contribution in [0, 0.1) is 20.9 Å². The van der Waals surface area contributed by atoms with Gasteiger partial charge < -0.3 is 0 Å². The standard InChI is InChI=1S/C20H24/c1-19(2,3)13-11-16-14-9-7-8-10-15(14)18(16)17(12-13)20(4,5)6/h7-12H,1-6H3. The zero-order chi connectivity index (χ0) is 14.7. The number of hydrogen-bond donors (Lipinski definition) is 0. The van der Waals surface area contributed by atoms with Gasteiger partial charge in [0.1, 0.15) is 0 Å². The van der Waals surface area contributed by atoms with Crippen LogP contribution in [-0.2, 0) is 10.8 Å². The lowest BCUT2D eigenvalue weighted by molar-refractivity contribution is 0.564. The van der Waals surface area contributed by atoms with Gasteiger partial charge in [0.25, 0.3) is 0 Å². The van der Waals surface area contributed by atoms with Crippen LogP contribution in [0.5, 0.6) is 0 Å². The van der Waals surface area contributed by atoms with Gasteiger partial charge in [-0.3, -0.25) is 0 Å². The second-order valence-corrected chi connectivity index (χ2v) is 7.99. The highest BCUT2D eigenvalue weighted by Gasteiger charge is 2.23. The lowest BCUT2D eigenvalue weighted by Crippen LogP contribution is -2.19. The summed E-state index contributed by atoms with van der Waals surface area (Å²) in [5, 5.41) is 5.76. The molecule has 0 saturated carbocycles. The van der Waals surface area contributed by atoms with Gasteiger partial charge in [-0.25, -0.2) is 0 Å². The first-order valence-electron chi connectivity index (χ1n) is 7.48. The van der Waals surface area contributed by atoms with Gasteiger partial charge in [0.15, 0.2) is 0 Å². The highest BCUT2D eigenvalue weighted by atomic mass is 14.3. The molecule has 0 nitrogen and oxygen atoms in total. The smallest absolute Gasteiger partial charge is 0.00613 e. The Morgan fingerprint density at radius 2 is 1.25 bits per heavy atom. The second kappa shape index (κ2) is 3.97. The van der Waals surface area contributed by atoms with Crippen molar-refractivity contribution in [2.45, 2.75) is 52.4 Å². The number of fused-ring (bicyclic) bond motifs is 2. The van der Waals surface area contributed by atoms with Gasteiger partial charge in [-0.05, 0) is 48.9 Å². The van der Waals surface area contributed by atoms with Crippen molar-refractivity contribution in [2.24, 2.45) is 0 Å². The molecular formula is C20H24. The van der Waals surface area contributed by atoms with E-state index in [4.69, 9.17) is 0 Å². The Morgan fingerprint density at radius 3 is 1.80 bits per heavy atom. The molecule has 0 saturated heterocycles. The van der Waals surface area contributed by atoms with E-state index in [1.165, 1.54) is 32.0 Å². The van der Waals surface area contributed by atoms with Crippen LogP contribution in [0.3, 0.4) is 0 Å². The summed E-state index contributed by atoms with van der Waals surface area (Å²) in [6, 6.07) is 13.6. The number of hydrogen-bond acceptors (Lipinski definition) is 0. The van der Waals surface area contributed by atoms with Crippen molar-refractivity contribution in [3.05, 3.63) is 68.4 Å². The highest BCUT2D eigenvalue weighted by Crippen LogP contribution is 2.32. The minimum Gasteiger partial charge on any atom is -0.0616 e. The molecule has 0 heterocycles. The molecule has 0 unspecified atom stereocenters. The van der Waals surface area contributed by atoms with E-state index in [1.54, 1.807) is 0 Å². The van der Waals surface area contributed by atoms with Crippen molar-refractivity contribution in [1.29, 1.82) is 0 Å². The average molecular weight is 264 g/mol. The molecule has 0 fully saturated rings. The van der Waals surface area contributed by atoms with Crippen LogP contribution in [0.25, 0.3) is 0 Å². The SMILES string of the molecule is CC(C)(C)c1cc(C(C)(C)C)c2c(c1)=c1ccccc1=2. The van der Waals surface area contributed by atoms with E-state index in [2.05, 4.69) is 77.9 Å². The third-order valence-corrected chi connectivity index (χ3v) is 4.30. The van der Waals surface area contributed by atoms with Crippen molar-refractivity contribution in [3.63, 3.8) is 0 Å². The Hall–Kier alpha value is -1.56. The predicted octanol–water partition coefficient (Wildman–Crippen LogP) is 5.17. The molecule has 1 aliphatic rings. The van der Waals surface area contributed by atoms with E-state index < -0.39 is 0 Å². The van der Waals surface area contributed by atoms with Gasteiger partial charge in [0.05, 0.1) is 0 Å². The monoisotopic (exact) mass is 264 g/mol. The van der Waals surface area contributed by atoms with Crippen LogP contribution in [0.1, 0.15) is 52.7 Å². The maximum Gasteiger partial charge on any atom is -0.00613 e.